The van der Waals surface area contributed by atoms with E-state index in [0.29, 0.717) is 11.4 Å². The van der Waals surface area contributed by atoms with Gasteiger partial charge in [-0.15, -0.1) is 0 Å². The van der Waals surface area contributed by atoms with Crippen molar-refractivity contribution in [2.45, 2.75) is 6.92 Å². The number of nitrogen functional groups attached to an aromatic ring is 1. The summed E-state index contributed by atoms with van der Waals surface area (Å²) in [5.41, 5.74) is 6.75. The van der Waals surface area contributed by atoms with Gasteiger partial charge in [0.25, 0.3) is 0 Å². The number of aromatic nitrogens is 3. The molecule has 0 saturated heterocycles. The predicted octanol–water partition coefficient (Wildman–Crippen LogP) is 1.55. The standard InChI is InChI=1S/C10H10N4O/c1-7-9(3-2-4-12-7)15-10-13-5-8(11)6-14-10/h2-6H,11H2,1H3. The van der Waals surface area contributed by atoms with Crippen LogP contribution >= 0.6 is 0 Å². The van der Waals surface area contributed by atoms with Crippen molar-refractivity contribution in [3.05, 3.63) is 36.4 Å². The van der Waals surface area contributed by atoms with Gasteiger partial charge >= 0.3 is 6.01 Å². The van der Waals surface area contributed by atoms with E-state index in [2.05, 4.69) is 15.0 Å². The Bertz CT molecular complexity index is 455. The van der Waals surface area contributed by atoms with Crippen LogP contribution in [0.4, 0.5) is 5.69 Å². The first-order valence-electron chi connectivity index (χ1n) is 4.43. The van der Waals surface area contributed by atoms with Crippen molar-refractivity contribution in [1.29, 1.82) is 0 Å². The lowest BCUT2D eigenvalue weighted by atomic mass is 10.3. The number of rotatable bonds is 2. The maximum Gasteiger partial charge on any atom is 0.322 e. The SMILES string of the molecule is Cc1ncccc1Oc1ncc(N)cn1. The summed E-state index contributed by atoms with van der Waals surface area (Å²) in [4.78, 5) is 11.9. The smallest absolute Gasteiger partial charge is 0.322 e. The largest absolute Gasteiger partial charge is 0.422 e. The summed E-state index contributed by atoms with van der Waals surface area (Å²) in [6.45, 7) is 1.85. The topological polar surface area (TPSA) is 73.9 Å². The van der Waals surface area contributed by atoms with Crippen molar-refractivity contribution < 1.29 is 4.74 Å². The lowest BCUT2D eigenvalue weighted by Crippen LogP contribution is -1.95. The summed E-state index contributed by atoms with van der Waals surface area (Å²) in [6.07, 6.45) is 4.69. The Hall–Kier alpha value is -2.17. The predicted molar refractivity (Wildman–Crippen MR) is 55.5 cm³/mol. The van der Waals surface area contributed by atoms with Gasteiger partial charge in [-0.3, -0.25) is 4.98 Å². The molecule has 2 heterocycles. The number of pyridine rings is 1. The maximum atomic E-state index is 5.46. The van der Waals surface area contributed by atoms with Gasteiger partial charge in [0.05, 0.1) is 23.8 Å². The molecular formula is C10H10N4O. The lowest BCUT2D eigenvalue weighted by molar-refractivity contribution is 0.436. The lowest BCUT2D eigenvalue weighted by Gasteiger charge is -2.04. The molecule has 0 aliphatic rings. The zero-order chi connectivity index (χ0) is 10.7. The second-order valence-electron chi connectivity index (χ2n) is 2.99. The van der Waals surface area contributed by atoms with Gasteiger partial charge in [0.1, 0.15) is 0 Å². The van der Waals surface area contributed by atoms with Crippen LogP contribution in [-0.4, -0.2) is 15.0 Å². The minimum absolute atomic E-state index is 0.264. The zero-order valence-corrected chi connectivity index (χ0v) is 8.21. The second-order valence-corrected chi connectivity index (χ2v) is 2.99. The molecule has 0 unspecified atom stereocenters. The molecule has 0 fully saturated rings. The Kier molecular flexibility index (Phi) is 2.45. The number of nitrogens with two attached hydrogens (primary N) is 1. The average molecular weight is 202 g/mol. The summed E-state index contributed by atoms with van der Waals surface area (Å²) in [5, 5.41) is 0. The fraction of sp³-hybridized carbons (Fsp3) is 0.100. The molecule has 0 atom stereocenters. The highest BCUT2D eigenvalue weighted by Crippen LogP contribution is 2.19. The van der Waals surface area contributed by atoms with Gasteiger partial charge in [0.2, 0.25) is 0 Å². The van der Waals surface area contributed by atoms with Gasteiger partial charge in [0, 0.05) is 6.20 Å². The van der Waals surface area contributed by atoms with Crippen LogP contribution in [0, 0.1) is 6.92 Å². The summed E-state index contributed by atoms with van der Waals surface area (Å²) in [5.74, 6) is 0.641. The van der Waals surface area contributed by atoms with Crippen LogP contribution in [0.5, 0.6) is 11.8 Å². The van der Waals surface area contributed by atoms with Gasteiger partial charge < -0.3 is 10.5 Å². The first-order valence-corrected chi connectivity index (χ1v) is 4.43. The molecule has 0 aliphatic carbocycles. The molecule has 2 aromatic heterocycles. The van der Waals surface area contributed by atoms with E-state index >= 15 is 0 Å². The molecular weight excluding hydrogens is 192 g/mol. The Morgan fingerprint density at radius 3 is 2.60 bits per heavy atom. The molecule has 0 radical (unpaired) electrons. The van der Waals surface area contributed by atoms with Gasteiger partial charge in [-0.25, -0.2) is 9.97 Å². The second kappa shape index (κ2) is 3.91. The molecule has 5 heteroatoms. The number of ether oxygens (including phenoxy) is 1. The minimum atomic E-state index is 0.264. The molecule has 0 amide bonds. The molecule has 5 nitrogen and oxygen atoms in total. The number of hydrogen-bond donors (Lipinski definition) is 1. The van der Waals surface area contributed by atoms with Crippen molar-refractivity contribution in [1.82, 2.24) is 15.0 Å². The van der Waals surface area contributed by atoms with Crippen molar-refractivity contribution in [2.75, 3.05) is 5.73 Å². The van der Waals surface area contributed by atoms with Crippen molar-refractivity contribution in [3.63, 3.8) is 0 Å². The first-order chi connectivity index (χ1) is 7.25. The van der Waals surface area contributed by atoms with E-state index in [0.717, 1.165) is 5.69 Å². The number of hydrogen-bond acceptors (Lipinski definition) is 5. The van der Waals surface area contributed by atoms with Crippen LogP contribution in [0.1, 0.15) is 5.69 Å². The Morgan fingerprint density at radius 2 is 1.93 bits per heavy atom. The van der Waals surface area contributed by atoms with Crippen LogP contribution in [0.15, 0.2) is 30.7 Å². The van der Waals surface area contributed by atoms with E-state index in [1.165, 1.54) is 12.4 Å². The average Bonchev–Trinajstić information content (AvgIpc) is 2.25. The fourth-order valence-electron chi connectivity index (χ4n) is 1.05. The third kappa shape index (κ3) is 2.19. The molecule has 2 rings (SSSR count). The van der Waals surface area contributed by atoms with Crippen LogP contribution < -0.4 is 10.5 Å². The molecule has 0 aromatic carbocycles. The van der Waals surface area contributed by atoms with E-state index in [1.54, 1.807) is 12.3 Å². The van der Waals surface area contributed by atoms with E-state index in [1.807, 2.05) is 13.0 Å². The number of nitrogens with zero attached hydrogens (tertiary/aromatic N) is 3. The van der Waals surface area contributed by atoms with Gasteiger partial charge in [0.15, 0.2) is 5.75 Å². The zero-order valence-electron chi connectivity index (χ0n) is 8.21. The van der Waals surface area contributed by atoms with E-state index in [-0.39, 0.29) is 6.01 Å². The highest BCUT2D eigenvalue weighted by molar-refractivity contribution is 5.32. The molecule has 2 aromatic rings. The molecule has 2 N–H and O–H groups in total. The number of aryl methyl sites for hydroxylation is 1. The number of anilines is 1. The van der Waals surface area contributed by atoms with Crippen LogP contribution in [-0.2, 0) is 0 Å². The monoisotopic (exact) mass is 202 g/mol. The molecule has 0 bridgehead atoms. The summed E-state index contributed by atoms with van der Waals surface area (Å²) < 4.78 is 5.42. The molecule has 0 saturated carbocycles. The van der Waals surface area contributed by atoms with Gasteiger partial charge in [-0.2, -0.15) is 0 Å². The first kappa shape index (κ1) is 9.39. The molecule has 76 valence electrons. The summed E-state index contributed by atoms with van der Waals surface area (Å²) in [7, 11) is 0. The van der Waals surface area contributed by atoms with E-state index in [4.69, 9.17) is 10.5 Å². The Morgan fingerprint density at radius 1 is 1.20 bits per heavy atom. The van der Waals surface area contributed by atoms with Crippen molar-refractivity contribution in [3.8, 4) is 11.8 Å². The fourth-order valence-corrected chi connectivity index (χ4v) is 1.05. The summed E-state index contributed by atoms with van der Waals surface area (Å²) in [6, 6.07) is 3.86. The third-order valence-corrected chi connectivity index (χ3v) is 1.81. The van der Waals surface area contributed by atoms with E-state index in [9.17, 15) is 0 Å². The van der Waals surface area contributed by atoms with Crippen LogP contribution in [0.3, 0.4) is 0 Å². The molecule has 0 aliphatic heterocycles. The highest BCUT2D eigenvalue weighted by atomic mass is 16.5. The van der Waals surface area contributed by atoms with Gasteiger partial charge in [-0.1, -0.05) is 0 Å². The van der Waals surface area contributed by atoms with Gasteiger partial charge in [-0.05, 0) is 19.1 Å². The Labute approximate surface area is 87.0 Å². The maximum absolute atomic E-state index is 5.46. The third-order valence-electron chi connectivity index (χ3n) is 1.81. The highest BCUT2D eigenvalue weighted by Gasteiger charge is 2.02. The quantitative estimate of drug-likeness (QED) is 0.799. The van der Waals surface area contributed by atoms with Crippen LogP contribution in [0.25, 0.3) is 0 Å². The van der Waals surface area contributed by atoms with Crippen molar-refractivity contribution >= 4 is 5.69 Å². The molecule has 0 spiro atoms. The summed E-state index contributed by atoms with van der Waals surface area (Å²) >= 11 is 0. The van der Waals surface area contributed by atoms with E-state index < -0.39 is 0 Å². The van der Waals surface area contributed by atoms with Crippen molar-refractivity contribution in [2.24, 2.45) is 0 Å². The normalized spacial score (nSPS) is 9.93. The molecule has 15 heavy (non-hydrogen) atoms. The minimum Gasteiger partial charge on any atom is -0.422 e. The van der Waals surface area contributed by atoms with Crippen LogP contribution in [0.2, 0.25) is 0 Å². The Balaban J connectivity index is 2.22.